The van der Waals surface area contributed by atoms with Crippen LogP contribution in [0.2, 0.25) is 5.02 Å². The number of hydrogen-bond acceptors (Lipinski definition) is 5. The molecule has 0 aliphatic carbocycles. The van der Waals surface area contributed by atoms with Gasteiger partial charge in [0.05, 0.1) is 28.5 Å². The lowest BCUT2D eigenvalue weighted by atomic mass is 10.2. The molecule has 0 aliphatic rings. The van der Waals surface area contributed by atoms with E-state index < -0.39 is 17.3 Å². The predicted molar refractivity (Wildman–Crippen MR) is 106 cm³/mol. The minimum absolute atomic E-state index is 0.0733. The Bertz CT molecular complexity index is 1240. The first kappa shape index (κ1) is 20.2. The first-order valence-electron chi connectivity index (χ1n) is 8.42. The Morgan fingerprint density at radius 1 is 1.00 bits per heavy atom. The average molecular weight is 450 g/mol. The molecule has 1 N–H and O–H groups in total. The van der Waals surface area contributed by atoms with E-state index in [9.17, 15) is 18.0 Å². The molecule has 1 aromatic carbocycles. The number of nitrogens with zero attached hydrogens (tertiary/aromatic N) is 4. The first-order valence-corrected chi connectivity index (χ1v) is 9.62. The van der Waals surface area contributed by atoms with E-state index in [1.807, 2.05) is 30.3 Å². The summed E-state index contributed by atoms with van der Waals surface area (Å²) >= 11 is 7.29. The fourth-order valence-corrected chi connectivity index (χ4v) is 3.55. The number of alkyl halides is 3. The molecule has 0 aliphatic heterocycles. The normalized spacial score (nSPS) is 11.6. The molecule has 0 radical (unpaired) electrons. The Labute approximate surface area is 176 Å². The van der Waals surface area contributed by atoms with Crippen LogP contribution in [-0.4, -0.2) is 24.7 Å². The zero-order chi connectivity index (χ0) is 21.3. The van der Waals surface area contributed by atoms with Crippen LogP contribution in [0.15, 0.2) is 75.9 Å². The second-order valence-corrected chi connectivity index (χ2v) is 7.42. The van der Waals surface area contributed by atoms with Gasteiger partial charge in [-0.2, -0.15) is 23.0 Å². The van der Waals surface area contributed by atoms with Gasteiger partial charge in [-0.1, -0.05) is 41.9 Å². The van der Waals surface area contributed by atoms with E-state index in [4.69, 9.17) is 11.6 Å². The number of rotatable bonds is 4. The highest BCUT2D eigenvalue weighted by molar-refractivity contribution is 7.99. The Morgan fingerprint density at radius 3 is 2.43 bits per heavy atom. The highest BCUT2D eigenvalue weighted by Gasteiger charge is 2.30. The topological polar surface area (TPSA) is 76.5 Å². The highest BCUT2D eigenvalue weighted by Crippen LogP contribution is 2.31. The third kappa shape index (κ3) is 4.10. The number of imidazole rings is 1. The molecule has 0 unspecified atom stereocenters. The van der Waals surface area contributed by atoms with E-state index >= 15 is 0 Å². The summed E-state index contributed by atoms with van der Waals surface area (Å²) in [5, 5.41) is 4.33. The summed E-state index contributed by atoms with van der Waals surface area (Å²) in [5.74, 6) is -0.0733. The number of nitrogens with one attached hydrogen (secondary N) is 1. The van der Waals surface area contributed by atoms with Crippen molar-refractivity contribution in [2.75, 3.05) is 0 Å². The zero-order valence-electron chi connectivity index (χ0n) is 14.9. The summed E-state index contributed by atoms with van der Waals surface area (Å²) < 4.78 is 38.9. The molecule has 4 aromatic rings. The molecular weight excluding hydrogens is 439 g/mol. The lowest BCUT2D eigenvalue weighted by molar-refractivity contribution is -0.137. The summed E-state index contributed by atoms with van der Waals surface area (Å²) in [6.07, 6.45) is -0.900. The third-order valence-corrected chi connectivity index (χ3v) is 5.43. The largest absolute Gasteiger partial charge is 0.417 e. The Kier molecular flexibility index (Phi) is 5.35. The van der Waals surface area contributed by atoms with Gasteiger partial charge in [-0.25, -0.2) is 9.97 Å². The van der Waals surface area contributed by atoms with Gasteiger partial charge < -0.3 is 4.98 Å². The van der Waals surface area contributed by atoms with Crippen LogP contribution in [-0.2, 0) is 6.18 Å². The van der Waals surface area contributed by atoms with E-state index in [1.54, 1.807) is 6.20 Å². The number of benzene rings is 1. The summed E-state index contributed by atoms with van der Waals surface area (Å²) in [6.45, 7) is 0. The summed E-state index contributed by atoms with van der Waals surface area (Å²) in [6, 6.07) is 11.4. The van der Waals surface area contributed by atoms with Crippen LogP contribution in [0.1, 0.15) is 5.56 Å². The van der Waals surface area contributed by atoms with Gasteiger partial charge >= 0.3 is 6.18 Å². The zero-order valence-corrected chi connectivity index (χ0v) is 16.5. The number of aromatic amines is 1. The van der Waals surface area contributed by atoms with Crippen molar-refractivity contribution < 1.29 is 13.2 Å². The van der Waals surface area contributed by atoms with Gasteiger partial charge in [0.25, 0.3) is 5.56 Å². The van der Waals surface area contributed by atoms with Gasteiger partial charge in [0.1, 0.15) is 5.02 Å². The van der Waals surface area contributed by atoms with Gasteiger partial charge in [-0.15, -0.1) is 0 Å². The minimum Gasteiger partial charge on any atom is -0.333 e. The fraction of sp³-hybridized carbons (Fsp3) is 0.0526. The molecule has 11 heteroatoms. The van der Waals surface area contributed by atoms with Crippen molar-refractivity contribution in [3.05, 3.63) is 82.0 Å². The van der Waals surface area contributed by atoms with Crippen LogP contribution < -0.4 is 5.56 Å². The first-order chi connectivity index (χ1) is 14.3. The molecule has 0 amide bonds. The molecule has 3 aromatic heterocycles. The second kappa shape index (κ2) is 7.96. The molecule has 3 heterocycles. The van der Waals surface area contributed by atoms with Gasteiger partial charge in [0.2, 0.25) is 0 Å². The number of pyridine rings is 1. The summed E-state index contributed by atoms with van der Waals surface area (Å²) in [5.41, 5.74) is 0.114. The molecule has 30 heavy (non-hydrogen) atoms. The van der Waals surface area contributed by atoms with E-state index in [0.717, 1.165) is 39.8 Å². The van der Waals surface area contributed by atoms with Crippen LogP contribution in [0.4, 0.5) is 13.2 Å². The molecule has 0 saturated carbocycles. The second-order valence-electron chi connectivity index (χ2n) is 6.01. The van der Waals surface area contributed by atoms with E-state index in [0.29, 0.717) is 16.2 Å². The predicted octanol–water partition coefficient (Wildman–Crippen LogP) is 4.84. The SMILES string of the molecule is O=c1c(Cl)c(Sc2ncc(-c3ccccc3)[nH]2)cnn1-c1ccc(C(F)(F)F)cn1. The number of aromatic nitrogens is 5. The van der Waals surface area contributed by atoms with Crippen LogP contribution >= 0.6 is 23.4 Å². The van der Waals surface area contributed by atoms with Crippen molar-refractivity contribution in [3.8, 4) is 17.1 Å². The summed E-state index contributed by atoms with van der Waals surface area (Å²) in [4.78, 5) is 24.0. The maximum absolute atomic E-state index is 12.7. The van der Waals surface area contributed by atoms with Crippen LogP contribution in [0.3, 0.4) is 0 Å². The van der Waals surface area contributed by atoms with Gasteiger partial charge in [-0.05, 0) is 29.5 Å². The van der Waals surface area contributed by atoms with Crippen molar-refractivity contribution in [3.63, 3.8) is 0 Å². The standard InChI is InChI=1S/C19H11ClF3N5OS/c20-16-14(30-18-25-9-13(27-18)11-4-2-1-3-5-11)10-26-28(17(16)29)15-7-6-12(8-24-15)19(21,22)23/h1-10H,(H,25,27). The van der Waals surface area contributed by atoms with Crippen molar-refractivity contribution in [2.24, 2.45) is 0 Å². The quantitative estimate of drug-likeness (QED) is 0.482. The van der Waals surface area contributed by atoms with Crippen molar-refractivity contribution >= 4 is 23.4 Å². The Balaban J connectivity index is 1.59. The average Bonchev–Trinajstić information content (AvgIpc) is 3.20. The third-order valence-electron chi connectivity index (χ3n) is 4.02. The van der Waals surface area contributed by atoms with Crippen molar-refractivity contribution in [2.45, 2.75) is 16.2 Å². The molecule has 6 nitrogen and oxygen atoms in total. The molecule has 0 fully saturated rings. The van der Waals surface area contributed by atoms with Crippen molar-refractivity contribution in [1.82, 2.24) is 24.7 Å². The lowest BCUT2D eigenvalue weighted by Gasteiger charge is -2.09. The maximum Gasteiger partial charge on any atom is 0.417 e. The molecule has 0 spiro atoms. The number of halogens is 4. The smallest absolute Gasteiger partial charge is 0.333 e. The van der Waals surface area contributed by atoms with Crippen molar-refractivity contribution in [1.29, 1.82) is 0 Å². The molecule has 0 bridgehead atoms. The Morgan fingerprint density at radius 2 is 1.77 bits per heavy atom. The van der Waals surface area contributed by atoms with E-state index in [2.05, 4.69) is 20.1 Å². The van der Waals surface area contributed by atoms with Crippen LogP contribution in [0, 0.1) is 0 Å². The monoisotopic (exact) mass is 449 g/mol. The van der Waals surface area contributed by atoms with E-state index in [-0.39, 0.29) is 10.8 Å². The molecule has 0 atom stereocenters. The van der Waals surface area contributed by atoms with Gasteiger partial charge in [0, 0.05) is 6.20 Å². The molecule has 0 saturated heterocycles. The van der Waals surface area contributed by atoms with E-state index in [1.165, 1.54) is 6.20 Å². The highest BCUT2D eigenvalue weighted by atomic mass is 35.5. The molecular formula is C19H11ClF3N5OS. The number of H-pyrrole nitrogens is 1. The van der Waals surface area contributed by atoms with Gasteiger partial charge in [0.15, 0.2) is 11.0 Å². The Hall–Kier alpha value is -3.11. The summed E-state index contributed by atoms with van der Waals surface area (Å²) in [7, 11) is 0. The lowest BCUT2D eigenvalue weighted by Crippen LogP contribution is -2.23. The minimum atomic E-state index is -4.52. The maximum atomic E-state index is 12.7. The molecule has 152 valence electrons. The molecule has 4 rings (SSSR count). The van der Waals surface area contributed by atoms with Crippen LogP contribution in [0.5, 0.6) is 0 Å². The fourth-order valence-electron chi connectivity index (χ4n) is 2.55. The van der Waals surface area contributed by atoms with Gasteiger partial charge in [-0.3, -0.25) is 4.79 Å². The number of hydrogen-bond donors (Lipinski definition) is 1. The van der Waals surface area contributed by atoms with Crippen LogP contribution in [0.25, 0.3) is 17.1 Å².